The lowest BCUT2D eigenvalue weighted by Gasteiger charge is -2.27. The summed E-state index contributed by atoms with van der Waals surface area (Å²) < 4.78 is 4.48. The van der Waals surface area contributed by atoms with Crippen LogP contribution in [0.5, 0.6) is 0 Å². The standard InChI is InChI=1S/C8H13NO2/c1-11-8(10)4-6-2-7(3-6)5-9/h4,7H,2-3,5,9H2,1H3. The van der Waals surface area contributed by atoms with Crippen LogP contribution in [0.1, 0.15) is 12.8 Å². The molecule has 0 amide bonds. The third kappa shape index (κ3) is 2.05. The van der Waals surface area contributed by atoms with Gasteiger partial charge in [-0.25, -0.2) is 4.79 Å². The van der Waals surface area contributed by atoms with Gasteiger partial charge in [0, 0.05) is 6.08 Å². The Morgan fingerprint density at radius 1 is 1.82 bits per heavy atom. The summed E-state index contributed by atoms with van der Waals surface area (Å²) in [5.41, 5.74) is 6.58. The van der Waals surface area contributed by atoms with Gasteiger partial charge in [-0.15, -0.1) is 0 Å². The molecule has 0 aromatic rings. The zero-order valence-electron chi connectivity index (χ0n) is 6.67. The van der Waals surface area contributed by atoms with Crippen molar-refractivity contribution in [3.8, 4) is 0 Å². The van der Waals surface area contributed by atoms with Gasteiger partial charge in [0.1, 0.15) is 0 Å². The number of ether oxygens (including phenoxy) is 1. The third-order valence-corrected chi connectivity index (χ3v) is 1.96. The number of methoxy groups -OCH3 is 1. The quantitative estimate of drug-likeness (QED) is 0.465. The Hall–Kier alpha value is -0.830. The molecule has 11 heavy (non-hydrogen) atoms. The molecule has 0 aromatic heterocycles. The van der Waals surface area contributed by atoms with E-state index in [9.17, 15) is 4.79 Å². The Kier molecular flexibility index (Phi) is 2.65. The first-order valence-corrected chi connectivity index (χ1v) is 3.73. The summed E-state index contributed by atoms with van der Waals surface area (Å²) in [5.74, 6) is 0.335. The van der Waals surface area contributed by atoms with E-state index in [0.717, 1.165) is 25.0 Å². The third-order valence-electron chi connectivity index (χ3n) is 1.96. The van der Waals surface area contributed by atoms with Crippen LogP contribution in [0.25, 0.3) is 0 Å². The minimum absolute atomic E-state index is 0.254. The van der Waals surface area contributed by atoms with Crippen LogP contribution < -0.4 is 5.73 Å². The maximum absolute atomic E-state index is 10.7. The average Bonchev–Trinajstić information content (AvgIpc) is 1.95. The molecule has 1 rings (SSSR count). The predicted molar refractivity (Wildman–Crippen MR) is 41.9 cm³/mol. The van der Waals surface area contributed by atoms with Crippen LogP contribution in [0, 0.1) is 5.92 Å². The molecule has 1 aliphatic carbocycles. The van der Waals surface area contributed by atoms with E-state index in [-0.39, 0.29) is 5.97 Å². The fourth-order valence-corrected chi connectivity index (χ4v) is 1.19. The summed E-state index contributed by atoms with van der Waals surface area (Å²) in [6.45, 7) is 0.721. The van der Waals surface area contributed by atoms with Gasteiger partial charge in [0.2, 0.25) is 0 Å². The second-order valence-electron chi connectivity index (χ2n) is 2.84. The lowest BCUT2D eigenvalue weighted by Crippen LogP contribution is -2.24. The highest BCUT2D eigenvalue weighted by Gasteiger charge is 2.21. The summed E-state index contributed by atoms with van der Waals surface area (Å²) in [6.07, 6.45) is 3.49. The van der Waals surface area contributed by atoms with Crippen molar-refractivity contribution in [3.05, 3.63) is 11.6 Å². The Labute approximate surface area is 66.2 Å². The number of hydrogen-bond acceptors (Lipinski definition) is 3. The largest absolute Gasteiger partial charge is 0.466 e. The summed E-state index contributed by atoms with van der Waals surface area (Å²) in [5, 5.41) is 0. The molecular formula is C8H13NO2. The van der Waals surface area contributed by atoms with E-state index in [0.29, 0.717) is 5.92 Å². The number of carbonyl (C=O) groups is 1. The van der Waals surface area contributed by atoms with E-state index in [1.165, 1.54) is 7.11 Å². The Morgan fingerprint density at radius 2 is 2.45 bits per heavy atom. The molecule has 2 N–H and O–H groups in total. The minimum Gasteiger partial charge on any atom is -0.466 e. The topological polar surface area (TPSA) is 52.3 Å². The van der Waals surface area contributed by atoms with Gasteiger partial charge in [0.25, 0.3) is 0 Å². The van der Waals surface area contributed by atoms with Gasteiger partial charge in [-0.1, -0.05) is 5.57 Å². The molecule has 0 spiro atoms. The van der Waals surface area contributed by atoms with Crippen LogP contribution in [0.2, 0.25) is 0 Å². The van der Waals surface area contributed by atoms with Crippen molar-refractivity contribution >= 4 is 5.97 Å². The zero-order chi connectivity index (χ0) is 8.27. The number of rotatable bonds is 2. The fraction of sp³-hybridized carbons (Fsp3) is 0.625. The van der Waals surface area contributed by atoms with Crippen molar-refractivity contribution in [1.29, 1.82) is 0 Å². The van der Waals surface area contributed by atoms with E-state index in [2.05, 4.69) is 4.74 Å². The maximum atomic E-state index is 10.7. The lowest BCUT2D eigenvalue weighted by atomic mass is 9.80. The molecule has 1 saturated carbocycles. The van der Waals surface area contributed by atoms with Gasteiger partial charge in [-0.05, 0) is 25.3 Å². The van der Waals surface area contributed by atoms with Gasteiger partial charge < -0.3 is 10.5 Å². The van der Waals surface area contributed by atoms with E-state index in [1.54, 1.807) is 6.08 Å². The summed E-state index contributed by atoms with van der Waals surface area (Å²) >= 11 is 0. The molecule has 0 radical (unpaired) electrons. The molecule has 0 unspecified atom stereocenters. The van der Waals surface area contributed by atoms with E-state index < -0.39 is 0 Å². The lowest BCUT2D eigenvalue weighted by molar-refractivity contribution is -0.134. The van der Waals surface area contributed by atoms with Crippen molar-refractivity contribution < 1.29 is 9.53 Å². The molecule has 0 aromatic carbocycles. The Balaban J connectivity index is 2.30. The maximum Gasteiger partial charge on any atom is 0.330 e. The second kappa shape index (κ2) is 3.53. The number of carbonyl (C=O) groups excluding carboxylic acids is 1. The number of esters is 1. The van der Waals surface area contributed by atoms with E-state index >= 15 is 0 Å². The molecule has 62 valence electrons. The highest BCUT2D eigenvalue weighted by Crippen LogP contribution is 2.31. The van der Waals surface area contributed by atoms with Gasteiger partial charge in [-0.2, -0.15) is 0 Å². The normalized spacial score (nSPS) is 22.4. The van der Waals surface area contributed by atoms with Crippen molar-refractivity contribution in [2.45, 2.75) is 12.8 Å². The van der Waals surface area contributed by atoms with Crippen molar-refractivity contribution in [1.82, 2.24) is 0 Å². The zero-order valence-corrected chi connectivity index (χ0v) is 6.67. The minimum atomic E-state index is -0.254. The summed E-state index contributed by atoms with van der Waals surface area (Å²) in [4.78, 5) is 10.7. The second-order valence-corrected chi connectivity index (χ2v) is 2.84. The molecular weight excluding hydrogens is 142 g/mol. The number of allylic oxidation sites excluding steroid dienone is 1. The first kappa shape index (κ1) is 8.27. The highest BCUT2D eigenvalue weighted by molar-refractivity contribution is 5.82. The van der Waals surface area contributed by atoms with Crippen LogP contribution in [-0.4, -0.2) is 19.6 Å². The molecule has 1 aliphatic rings. The molecule has 3 heteroatoms. The number of hydrogen-bond donors (Lipinski definition) is 1. The first-order chi connectivity index (χ1) is 5.26. The monoisotopic (exact) mass is 155 g/mol. The predicted octanol–water partition coefficient (Wildman–Crippen LogP) is 0.454. The van der Waals surface area contributed by atoms with E-state index in [1.807, 2.05) is 0 Å². The molecule has 3 nitrogen and oxygen atoms in total. The van der Waals surface area contributed by atoms with Crippen LogP contribution in [0.15, 0.2) is 11.6 Å². The molecule has 0 heterocycles. The van der Waals surface area contributed by atoms with Crippen LogP contribution in [0.4, 0.5) is 0 Å². The summed E-state index contributed by atoms with van der Waals surface area (Å²) in [6, 6.07) is 0. The Morgan fingerprint density at radius 3 is 2.91 bits per heavy atom. The SMILES string of the molecule is COC(=O)C=C1CC(CN)C1. The average molecular weight is 155 g/mol. The molecule has 0 saturated heterocycles. The van der Waals surface area contributed by atoms with Crippen LogP contribution in [-0.2, 0) is 9.53 Å². The highest BCUT2D eigenvalue weighted by atomic mass is 16.5. The van der Waals surface area contributed by atoms with Crippen molar-refractivity contribution in [3.63, 3.8) is 0 Å². The van der Waals surface area contributed by atoms with Gasteiger partial charge in [0.05, 0.1) is 7.11 Å². The van der Waals surface area contributed by atoms with Crippen molar-refractivity contribution in [2.75, 3.05) is 13.7 Å². The molecule has 0 aliphatic heterocycles. The first-order valence-electron chi connectivity index (χ1n) is 3.73. The fourth-order valence-electron chi connectivity index (χ4n) is 1.19. The van der Waals surface area contributed by atoms with Crippen LogP contribution >= 0.6 is 0 Å². The molecule has 1 fully saturated rings. The molecule has 0 atom stereocenters. The van der Waals surface area contributed by atoms with E-state index in [4.69, 9.17) is 5.73 Å². The summed E-state index contributed by atoms with van der Waals surface area (Å²) in [7, 11) is 1.39. The smallest absolute Gasteiger partial charge is 0.330 e. The van der Waals surface area contributed by atoms with Crippen molar-refractivity contribution in [2.24, 2.45) is 11.7 Å². The van der Waals surface area contributed by atoms with Gasteiger partial charge >= 0.3 is 5.97 Å². The molecule has 0 bridgehead atoms. The van der Waals surface area contributed by atoms with Gasteiger partial charge in [0.15, 0.2) is 0 Å². The van der Waals surface area contributed by atoms with Crippen LogP contribution in [0.3, 0.4) is 0 Å². The number of nitrogens with two attached hydrogens (primary N) is 1. The Bertz CT molecular complexity index is 179. The van der Waals surface area contributed by atoms with Gasteiger partial charge in [-0.3, -0.25) is 0 Å².